The number of sulfonamides is 1. The molecule has 0 aliphatic heterocycles. The molecule has 142 valence electrons. The van der Waals surface area contributed by atoms with Crippen molar-refractivity contribution < 1.29 is 47.4 Å². The van der Waals surface area contributed by atoms with Gasteiger partial charge in [0, 0.05) is 0 Å². The maximum atomic E-state index is 13.6. The zero-order chi connectivity index (χ0) is 19.9. The lowest BCUT2D eigenvalue weighted by atomic mass is 10.2. The molecule has 2 N–H and O–H groups in total. The van der Waals surface area contributed by atoms with Crippen molar-refractivity contribution in [2.75, 3.05) is 0 Å². The van der Waals surface area contributed by atoms with Crippen molar-refractivity contribution in [2.45, 2.75) is 16.4 Å². The summed E-state index contributed by atoms with van der Waals surface area (Å²) in [4.78, 5) is 0. The number of hydrogen-bond donors (Lipinski definition) is 1. The predicted molar refractivity (Wildman–Crippen MR) is 74.0 cm³/mol. The monoisotopic (exact) mass is 413 g/mol. The first-order chi connectivity index (χ1) is 11.0. The van der Waals surface area contributed by atoms with Gasteiger partial charge in [0.15, 0.2) is 0 Å². The standard InChI is InChI=1S/C11H9F6NO5S2/c1-2-7-3-5-8(6-4-7)23-25(21,22)11(16,17)9(12,13)10(14,15)24(18,19)20/h2-6H,1H2,(H2,18,19,20). The SMILES string of the molecule is C=Cc1ccc(OS(=O)(=O)C(F)(F)C(F)(F)C(F)(F)S(N)(=O)=O)cc1. The number of primary sulfonamides is 1. The lowest BCUT2D eigenvalue weighted by Gasteiger charge is -2.30. The average Bonchev–Trinajstić information content (AvgIpc) is 2.45. The third kappa shape index (κ3) is 3.46. The van der Waals surface area contributed by atoms with E-state index >= 15 is 0 Å². The van der Waals surface area contributed by atoms with E-state index in [1.165, 1.54) is 6.08 Å². The molecule has 0 heterocycles. The molecule has 0 saturated heterocycles. The lowest BCUT2D eigenvalue weighted by molar-refractivity contribution is -0.245. The lowest BCUT2D eigenvalue weighted by Crippen LogP contribution is -2.62. The van der Waals surface area contributed by atoms with Crippen LogP contribution in [0.2, 0.25) is 0 Å². The molecule has 0 aromatic heterocycles. The van der Waals surface area contributed by atoms with Crippen LogP contribution >= 0.6 is 0 Å². The van der Waals surface area contributed by atoms with E-state index in [-0.39, 0.29) is 0 Å². The molecule has 0 aliphatic carbocycles. The van der Waals surface area contributed by atoms with E-state index < -0.39 is 42.3 Å². The number of benzene rings is 1. The first-order valence-corrected chi connectivity index (χ1v) is 8.79. The Labute approximate surface area is 138 Å². The van der Waals surface area contributed by atoms with Crippen LogP contribution in [0.4, 0.5) is 26.3 Å². The minimum atomic E-state index is -6.92. The van der Waals surface area contributed by atoms with Gasteiger partial charge in [-0.2, -0.15) is 34.8 Å². The molecule has 0 saturated carbocycles. The summed E-state index contributed by atoms with van der Waals surface area (Å²) in [5.41, 5.74) is 0.364. The molecule has 1 aromatic carbocycles. The van der Waals surface area contributed by atoms with Crippen molar-refractivity contribution in [1.29, 1.82) is 0 Å². The van der Waals surface area contributed by atoms with E-state index in [0.717, 1.165) is 24.3 Å². The van der Waals surface area contributed by atoms with Crippen molar-refractivity contribution in [1.82, 2.24) is 0 Å². The van der Waals surface area contributed by atoms with Crippen LogP contribution in [0, 0.1) is 0 Å². The quantitative estimate of drug-likeness (QED) is 0.545. The zero-order valence-corrected chi connectivity index (χ0v) is 13.4. The van der Waals surface area contributed by atoms with Crippen molar-refractivity contribution in [3.05, 3.63) is 36.4 Å². The normalized spacial score (nSPS) is 14.2. The summed E-state index contributed by atoms with van der Waals surface area (Å²) in [5, 5.41) is -9.43. The third-order valence-corrected chi connectivity index (χ3v) is 4.99. The van der Waals surface area contributed by atoms with E-state index in [0.29, 0.717) is 5.56 Å². The van der Waals surface area contributed by atoms with Crippen LogP contribution in [0.3, 0.4) is 0 Å². The smallest absolute Gasteiger partial charge is 0.378 e. The van der Waals surface area contributed by atoms with E-state index in [1.54, 1.807) is 0 Å². The fraction of sp³-hybridized carbons (Fsp3) is 0.273. The first-order valence-electron chi connectivity index (χ1n) is 5.83. The maximum absolute atomic E-state index is 13.6. The van der Waals surface area contributed by atoms with Crippen LogP contribution in [0.15, 0.2) is 30.8 Å². The maximum Gasteiger partial charge on any atom is 0.450 e. The molecule has 0 bridgehead atoms. The van der Waals surface area contributed by atoms with E-state index in [9.17, 15) is 43.2 Å². The minimum absolute atomic E-state index is 0.364. The molecule has 0 aliphatic rings. The summed E-state index contributed by atoms with van der Waals surface area (Å²) in [5.74, 6) is -7.84. The van der Waals surface area contributed by atoms with Crippen LogP contribution < -0.4 is 9.32 Å². The van der Waals surface area contributed by atoms with Gasteiger partial charge in [-0.25, -0.2) is 13.6 Å². The van der Waals surface area contributed by atoms with E-state index in [1.807, 2.05) is 0 Å². The molecule has 25 heavy (non-hydrogen) atoms. The molecule has 1 rings (SSSR count). The van der Waals surface area contributed by atoms with Gasteiger partial charge in [-0.1, -0.05) is 24.8 Å². The second-order valence-corrected chi connectivity index (χ2v) is 7.65. The molecule has 0 amide bonds. The summed E-state index contributed by atoms with van der Waals surface area (Å²) in [6, 6.07) is 3.68. The molecule has 0 radical (unpaired) electrons. The Hall–Kier alpha value is -1.80. The second-order valence-electron chi connectivity index (χ2n) is 4.46. The van der Waals surface area contributed by atoms with Gasteiger partial charge in [0.1, 0.15) is 5.75 Å². The molecule has 6 nitrogen and oxygen atoms in total. The topological polar surface area (TPSA) is 104 Å². The molecular weight excluding hydrogens is 404 g/mol. The van der Waals surface area contributed by atoms with Crippen LogP contribution in [-0.4, -0.2) is 33.3 Å². The van der Waals surface area contributed by atoms with Crippen LogP contribution in [0.1, 0.15) is 5.56 Å². The highest BCUT2D eigenvalue weighted by Crippen LogP contribution is 2.50. The summed E-state index contributed by atoms with van der Waals surface area (Å²) in [7, 11) is -13.3. The molecule has 14 heteroatoms. The van der Waals surface area contributed by atoms with Crippen LogP contribution in [-0.2, 0) is 20.1 Å². The number of rotatable bonds is 7. The van der Waals surface area contributed by atoms with Gasteiger partial charge in [-0.05, 0) is 17.7 Å². The van der Waals surface area contributed by atoms with Gasteiger partial charge in [0.05, 0.1) is 0 Å². The summed E-state index contributed by atoms with van der Waals surface area (Å²) >= 11 is 0. The summed E-state index contributed by atoms with van der Waals surface area (Å²) < 4.78 is 127. The van der Waals surface area contributed by atoms with Crippen LogP contribution in [0.5, 0.6) is 5.75 Å². The van der Waals surface area contributed by atoms with E-state index in [2.05, 4.69) is 15.9 Å². The fourth-order valence-corrected chi connectivity index (χ4v) is 2.80. The summed E-state index contributed by atoms with van der Waals surface area (Å²) in [6.45, 7) is 3.33. The van der Waals surface area contributed by atoms with Gasteiger partial charge in [0.25, 0.3) is 10.0 Å². The van der Waals surface area contributed by atoms with Crippen molar-refractivity contribution in [3.8, 4) is 5.75 Å². The van der Waals surface area contributed by atoms with Gasteiger partial charge in [0.2, 0.25) is 0 Å². The Morgan fingerprint density at radius 1 is 0.920 bits per heavy atom. The highest BCUT2D eigenvalue weighted by atomic mass is 32.2. The average molecular weight is 413 g/mol. The molecular formula is C11H9F6NO5S2. The van der Waals surface area contributed by atoms with E-state index in [4.69, 9.17) is 0 Å². The molecule has 0 fully saturated rings. The largest absolute Gasteiger partial charge is 0.450 e. The number of hydrogen-bond acceptors (Lipinski definition) is 5. The van der Waals surface area contributed by atoms with Crippen molar-refractivity contribution >= 4 is 26.2 Å². The van der Waals surface area contributed by atoms with Crippen molar-refractivity contribution in [3.63, 3.8) is 0 Å². The predicted octanol–water partition coefficient (Wildman–Crippen LogP) is 2.15. The Morgan fingerprint density at radius 3 is 1.72 bits per heavy atom. The molecule has 1 aromatic rings. The Kier molecular flexibility index (Phi) is 5.25. The second kappa shape index (κ2) is 6.17. The Bertz CT molecular complexity index is 865. The molecule has 0 spiro atoms. The first kappa shape index (κ1) is 21.2. The highest BCUT2D eigenvalue weighted by molar-refractivity contribution is 7.90. The Morgan fingerprint density at radius 2 is 1.36 bits per heavy atom. The van der Waals surface area contributed by atoms with Gasteiger partial charge in [-0.3, -0.25) is 0 Å². The fourth-order valence-electron chi connectivity index (χ4n) is 1.34. The third-order valence-electron chi connectivity index (χ3n) is 2.72. The highest BCUT2D eigenvalue weighted by Gasteiger charge is 2.82. The zero-order valence-electron chi connectivity index (χ0n) is 11.8. The number of nitrogens with two attached hydrogens (primary N) is 1. The molecule has 0 atom stereocenters. The van der Waals surface area contributed by atoms with Crippen LogP contribution in [0.25, 0.3) is 6.08 Å². The van der Waals surface area contributed by atoms with Gasteiger partial charge in [-0.15, -0.1) is 0 Å². The minimum Gasteiger partial charge on any atom is -0.378 e. The van der Waals surface area contributed by atoms with Gasteiger partial charge >= 0.3 is 26.5 Å². The van der Waals surface area contributed by atoms with Gasteiger partial charge < -0.3 is 4.18 Å². The number of halogens is 6. The molecule has 0 unspecified atom stereocenters. The van der Waals surface area contributed by atoms with Crippen molar-refractivity contribution in [2.24, 2.45) is 5.14 Å². The number of alkyl halides is 6. The Balaban J connectivity index is 3.35. The summed E-state index contributed by atoms with van der Waals surface area (Å²) in [6.07, 6.45) is 1.26.